The molecule has 0 saturated heterocycles. The Bertz CT molecular complexity index is 349. The van der Waals surface area contributed by atoms with Crippen molar-refractivity contribution in [3.05, 3.63) is 0 Å². The highest BCUT2D eigenvalue weighted by Gasteiger charge is 2.81. The van der Waals surface area contributed by atoms with E-state index in [1.165, 1.54) is 0 Å². The Hall–Kier alpha value is -0.850. The van der Waals surface area contributed by atoms with Gasteiger partial charge < -0.3 is 4.74 Å². The van der Waals surface area contributed by atoms with E-state index in [0.717, 1.165) is 0 Å². The summed E-state index contributed by atoms with van der Waals surface area (Å²) in [6.07, 6.45) is -14.0. The third kappa shape index (κ3) is 4.08. The number of ether oxygens (including phenoxy) is 2. The second-order valence-electron chi connectivity index (χ2n) is 3.62. The Balaban J connectivity index is 5.19. The molecule has 13 heteroatoms. The van der Waals surface area contributed by atoms with Crippen LogP contribution in [0.2, 0.25) is 0 Å². The van der Waals surface area contributed by atoms with Crippen molar-refractivity contribution in [1.29, 1.82) is 0 Å². The fourth-order valence-electron chi connectivity index (χ4n) is 0.993. The third-order valence-electron chi connectivity index (χ3n) is 2.16. The first-order valence-corrected chi connectivity index (χ1v) is 4.79. The van der Waals surface area contributed by atoms with Crippen LogP contribution in [0.15, 0.2) is 0 Å². The van der Waals surface area contributed by atoms with Crippen molar-refractivity contribution < 1.29 is 57.8 Å². The van der Waals surface area contributed by atoms with Crippen molar-refractivity contribution >= 4 is 0 Å². The van der Waals surface area contributed by atoms with Crippen LogP contribution in [-0.2, 0) is 9.47 Å². The SMILES string of the molecule is COC(F)(F)C(F)(F)C(F)(F)C(F)(F)CCOC(F)(F)F. The summed E-state index contributed by atoms with van der Waals surface area (Å²) in [6, 6.07) is 0. The number of hydrogen-bond acceptors (Lipinski definition) is 2. The van der Waals surface area contributed by atoms with Crippen LogP contribution in [0.1, 0.15) is 6.42 Å². The van der Waals surface area contributed by atoms with Crippen LogP contribution in [0.25, 0.3) is 0 Å². The zero-order chi connectivity index (χ0) is 17.3. The van der Waals surface area contributed by atoms with Gasteiger partial charge in [0, 0.05) is 13.5 Å². The Kier molecular flexibility index (Phi) is 5.51. The number of hydrogen-bond donors (Lipinski definition) is 0. The molecule has 0 N–H and O–H groups in total. The lowest BCUT2D eigenvalue weighted by molar-refractivity contribution is -0.424. The minimum absolute atomic E-state index is 0.144. The first kappa shape index (κ1) is 20.1. The fraction of sp³-hybridized carbons (Fsp3) is 1.00. The molecule has 128 valence electrons. The predicted molar refractivity (Wildman–Crippen MR) is 43.4 cm³/mol. The Labute approximate surface area is 109 Å². The van der Waals surface area contributed by atoms with E-state index < -0.39 is 43.3 Å². The highest BCUT2D eigenvalue weighted by atomic mass is 19.4. The Morgan fingerprint density at radius 2 is 1.14 bits per heavy atom. The van der Waals surface area contributed by atoms with Gasteiger partial charge in [0.1, 0.15) is 0 Å². The molecule has 0 amide bonds. The van der Waals surface area contributed by atoms with Crippen LogP contribution in [0.4, 0.5) is 48.3 Å². The van der Waals surface area contributed by atoms with E-state index in [1.54, 1.807) is 0 Å². The number of halogens is 11. The molecule has 0 aliphatic rings. The van der Waals surface area contributed by atoms with Gasteiger partial charge in [-0.15, -0.1) is 13.2 Å². The molecule has 0 aliphatic heterocycles. The first-order valence-electron chi connectivity index (χ1n) is 4.79. The average Bonchev–Trinajstić information content (AvgIpc) is 2.26. The molecular formula is C8H7F11O2. The van der Waals surface area contributed by atoms with E-state index in [-0.39, 0.29) is 7.11 Å². The summed E-state index contributed by atoms with van der Waals surface area (Å²) in [6.45, 7) is -2.14. The number of alkyl halides is 11. The van der Waals surface area contributed by atoms with E-state index in [1.807, 2.05) is 0 Å². The second-order valence-corrected chi connectivity index (χ2v) is 3.62. The second kappa shape index (κ2) is 5.74. The van der Waals surface area contributed by atoms with E-state index in [9.17, 15) is 48.3 Å². The average molecular weight is 344 g/mol. The van der Waals surface area contributed by atoms with Crippen molar-refractivity contribution in [3.8, 4) is 0 Å². The maximum absolute atomic E-state index is 12.9. The standard InChI is InChI=1S/C8H7F11O2/c1-20-7(15,16)6(13,14)5(11,12)4(9,10)2-3-21-8(17,18)19/h2-3H2,1H3. The van der Waals surface area contributed by atoms with Crippen LogP contribution < -0.4 is 0 Å². The summed E-state index contributed by atoms with van der Waals surface area (Å²) in [5, 5.41) is 0. The normalized spacial score (nSPS) is 15.4. The topological polar surface area (TPSA) is 18.5 Å². The predicted octanol–water partition coefficient (Wildman–Crippen LogP) is 4.06. The van der Waals surface area contributed by atoms with E-state index >= 15 is 0 Å². The van der Waals surface area contributed by atoms with Crippen molar-refractivity contribution in [2.24, 2.45) is 0 Å². The largest absolute Gasteiger partial charge is 0.522 e. The van der Waals surface area contributed by atoms with Crippen molar-refractivity contribution in [2.75, 3.05) is 13.7 Å². The maximum atomic E-state index is 12.9. The van der Waals surface area contributed by atoms with Crippen LogP contribution in [0, 0.1) is 0 Å². The van der Waals surface area contributed by atoms with Crippen LogP contribution >= 0.6 is 0 Å². The molecule has 21 heavy (non-hydrogen) atoms. The molecule has 0 aromatic rings. The molecule has 0 bridgehead atoms. The summed E-state index contributed by atoms with van der Waals surface area (Å²) in [7, 11) is -0.144. The molecule has 0 heterocycles. The summed E-state index contributed by atoms with van der Waals surface area (Å²) < 4.78 is 142. The van der Waals surface area contributed by atoms with Gasteiger partial charge in [0.15, 0.2) is 0 Å². The lowest BCUT2D eigenvalue weighted by Gasteiger charge is -2.35. The molecular weight excluding hydrogens is 337 g/mol. The zero-order valence-corrected chi connectivity index (χ0v) is 9.89. The molecule has 0 aromatic heterocycles. The summed E-state index contributed by atoms with van der Waals surface area (Å²) in [4.78, 5) is 0. The van der Waals surface area contributed by atoms with Gasteiger partial charge in [-0.2, -0.15) is 35.1 Å². The quantitative estimate of drug-likeness (QED) is 0.649. The van der Waals surface area contributed by atoms with Gasteiger partial charge in [0.2, 0.25) is 0 Å². The molecule has 0 radical (unpaired) electrons. The molecule has 0 unspecified atom stereocenters. The first-order chi connectivity index (χ1) is 9.02. The van der Waals surface area contributed by atoms with Gasteiger partial charge in [-0.3, -0.25) is 4.74 Å². The molecule has 0 rings (SSSR count). The monoisotopic (exact) mass is 344 g/mol. The number of methoxy groups -OCH3 is 1. The molecule has 2 nitrogen and oxygen atoms in total. The minimum atomic E-state index is -6.69. The van der Waals surface area contributed by atoms with E-state index in [0.29, 0.717) is 0 Å². The Morgan fingerprint density at radius 1 is 0.714 bits per heavy atom. The van der Waals surface area contributed by atoms with Crippen LogP contribution in [0.3, 0.4) is 0 Å². The maximum Gasteiger partial charge on any atom is 0.522 e. The molecule has 0 saturated carbocycles. The lowest BCUT2D eigenvalue weighted by Crippen LogP contribution is -2.62. The highest BCUT2D eigenvalue weighted by Crippen LogP contribution is 2.53. The smallest absolute Gasteiger partial charge is 0.319 e. The molecule has 0 fully saturated rings. The fourth-order valence-corrected chi connectivity index (χ4v) is 0.993. The summed E-state index contributed by atoms with van der Waals surface area (Å²) in [5.41, 5.74) is 0. The van der Waals surface area contributed by atoms with Crippen LogP contribution in [-0.4, -0.2) is 44.0 Å². The van der Waals surface area contributed by atoms with Crippen molar-refractivity contribution in [3.63, 3.8) is 0 Å². The van der Waals surface area contributed by atoms with Gasteiger partial charge in [0.05, 0.1) is 6.61 Å². The molecule has 0 atom stereocenters. The van der Waals surface area contributed by atoms with Crippen molar-refractivity contribution in [1.82, 2.24) is 0 Å². The zero-order valence-electron chi connectivity index (χ0n) is 9.89. The van der Waals surface area contributed by atoms with Gasteiger partial charge in [0.25, 0.3) is 0 Å². The Morgan fingerprint density at radius 3 is 1.48 bits per heavy atom. The summed E-state index contributed by atoms with van der Waals surface area (Å²) in [5.74, 6) is -19.3. The van der Waals surface area contributed by atoms with Gasteiger partial charge in [-0.25, -0.2) is 0 Å². The van der Waals surface area contributed by atoms with Gasteiger partial charge >= 0.3 is 30.2 Å². The molecule has 0 aliphatic carbocycles. The van der Waals surface area contributed by atoms with E-state index in [4.69, 9.17) is 0 Å². The molecule has 0 spiro atoms. The lowest BCUT2D eigenvalue weighted by atomic mass is 10.0. The minimum Gasteiger partial charge on any atom is -0.319 e. The third-order valence-corrected chi connectivity index (χ3v) is 2.16. The highest BCUT2D eigenvalue weighted by molar-refractivity contribution is 5.00. The molecule has 0 aromatic carbocycles. The van der Waals surface area contributed by atoms with Gasteiger partial charge in [-0.05, 0) is 0 Å². The van der Waals surface area contributed by atoms with E-state index in [2.05, 4.69) is 9.47 Å². The number of rotatable bonds is 7. The van der Waals surface area contributed by atoms with Gasteiger partial charge in [-0.1, -0.05) is 0 Å². The van der Waals surface area contributed by atoms with Crippen LogP contribution in [0.5, 0.6) is 0 Å². The van der Waals surface area contributed by atoms with Crippen molar-refractivity contribution in [2.45, 2.75) is 36.7 Å². The summed E-state index contributed by atoms with van der Waals surface area (Å²) >= 11 is 0.